The van der Waals surface area contributed by atoms with Crippen LogP contribution in [-0.2, 0) is 14.3 Å². The SMILES string of the molecule is CCCCCCCC[C@@H](NC(=O)COCC)C(N)=O. The van der Waals surface area contributed by atoms with Gasteiger partial charge in [0.2, 0.25) is 11.8 Å². The molecule has 0 rings (SSSR count). The van der Waals surface area contributed by atoms with Gasteiger partial charge < -0.3 is 15.8 Å². The maximum atomic E-state index is 11.4. The minimum Gasteiger partial charge on any atom is -0.372 e. The van der Waals surface area contributed by atoms with E-state index in [1.54, 1.807) is 0 Å². The molecule has 0 saturated carbocycles. The van der Waals surface area contributed by atoms with Crippen LogP contribution in [0.4, 0.5) is 0 Å². The van der Waals surface area contributed by atoms with Crippen molar-refractivity contribution in [2.24, 2.45) is 5.73 Å². The molecule has 0 bridgehead atoms. The van der Waals surface area contributed by atoms with E-state index in [0.29, 0.717) is 13.0 Å². The van der Waals surface area contributed by atoms with Gasteiger partial charge in [0.25, 0.3) is 0 Å². The Bertz CT molecular complexity index is 257. The molecular weight excluding hydrogens is 244 g/mol. The van der Waals surface area contributed by atoms with Crippen LogP contribution in [-0.4, -0.2) is 31.1 Å². The number of carbonyl (C=O) groups excluding carboxylic acids is 2. The smallest absolute Gasteiger partial charge is 0.246 e. The van der Waals surface area contributed by atoms with Crippen molar-refractivity contribution in [1.29, 1.82) is 0 Å². The van der Waals surface area contributed by atoms with Crippen LogP contribution >= 0.6 is 0 Å². The van der Waals surface area contributed by atoms with E-state index in [1.165, 1.54) is 25.7 Å². The number of primary amides is 1. The number of hydrogen-bond donors (Lipinski definition) is 2. The lowest BCUT2D eigenvalue weighted by Gasteiger charge is -2.15. The molecule has 0 spiro atoms. The molecule has 0 aromatic carbocycles. The summed E-state index contributed by atoms with van der Waals surface area (Å²) in [5.74, 6) is -0.755. The van der Waals surface area contributed by atoms with E-state index >= 15 is 0 Å². The summed E-state index contributed by atoms with van der Waals surface area (Å²) in [5, 5.41) is 2.61. The molecule has 5 nitrogen and oxygen atoms in total. The van der Waals surface area contributed by atoms with Crippen LogP contribution in [0.2, 0.25) is 0 Å². The van der Waals surface area contributed by atoms with Crippen molar-refractivity contribution in [2.45, 2.75) is 64.8 Å². The zero-order valence-corrected chi connectivity index (χ0v) is 12.2. The first-order chi connectivity index (χ1) is 9.11. The normalized spacial score (nSPS) is 12.1. The fraction of sp³-hybridized carbons (Fsp3) is 0.857. The van der Waals surface area contributed by atoms with E-state index in [0.717, 1.165) is 12.8 Å². The Morgan fingerprint density at radius 3 is 2.32 bits per heavy atom. The number of nitrogens with one attached hydrogen (secondary N) is 1. The predicted octanol–water partition coefficient (Wildman–Crippen LogP) is 1.74. The van der Waals surface area contributed by atoms with Gasteiger partial charge in [0.1, 0.15) is 12.6 Å². The summed E-state index contributed by atoms with van der Waals surface area (Å²) < 4.78 is 4.98. The van der Waals surface area contributed by atoms with Crippen molar-refractivity contribution in [1.82, 2.24) is 5.32 Å². The summed E-state index contributed by atoms with van der Waals surface area (Å²) >= 11 is 0. The molecule has 0 aromatic rings. The highest BCUT2D eigenvalue weighted by molar-refractivity contribution is 5.86. The number of amides is 2. The average Bonchev–Trinajstić information content (AvgIpc) is 2.38. The van der Waals surface area contributed by atoms with Crippen LogP contribution in [0, 0.1) is 0 Å². The average molecular weight is 272 g/mol. The number of hydrogen-bond acceptors (Lipinski definition) is 3. The molecule has 3 N–H and O–H groups in total. The molecule has 0 heterocycles. The van der Waals surface area contributed by atoms with Gasteiger partial charge in [-0.1, -0.05) is 45.4 Å². The van der Waals surface area contributed by atoms with Gasteiger partial charge in [0.15, 0.2) is 0 Å². The molecule has 112 valence electrons. The number of nitrogens with two attached hydrogens (primary N) is 1. The Labute approximate surface area is 116 Å². The van der Waals surface area contributed by atoms with Crippen LogP contribution < -0.4 is 11.1 Å². The van der Waals surface area contributed by atoms with Crippen LogP contribution in [0.25, 0.3) is 0 Å². The molecule has 0 unspecified atom stereocenters. The van der Waals surface area contributed by atoms with E-state index in [9.17, 15) is 9.59 Å². The number of ether oxygens (including phenoxy) is 1. The van der Waals surface area contributed by atoms with Crippen LogP contribution in [0.5, 0.6) is 0 Å². The summed E-state index contributed by atoms with van der Waals surface area (Å²) in [5.41, 5.74) is 5.28. The third-order valence-electron chi connectivity index (χ3n) is 2.96. The van der Waals surface area contributed by atoms with Crippen molar-refractivity contribution >= 4 is 11.8 Å². The second kappa shape index (κ2) is 12.0. The Kier molecular flexibility index (Phi) is 11.3. The lowest BCUT2D eigenvalue weighted by Crippen LogP contribution is -2.45. The van der Waals surface area contributed by atoms with Gasteiger partial charge >= 0.3 is 0 Å². The third kappa shape index (κ3) is 10.5. The highest BCUT2D eigenvalue weighted by atomic mass is 16.5. The quantitative estimate of drug-likeness (QED) is 0.531. The molecule has 1 atom stereocenters. The number of unbranched alkanes of at least 4 members (excludes halogenated alkanes) is 5. The molecule has 0 aliphatic heterocycles. The minimum atomic E-state index is -0.570. The zero-order chi connectivity index (χ0) is 14.5. The first-order valence-corrected chi connectivity index (χ1v) is 7.28. The topological polar surface area (TPSA) is 81.4 Å². The molecule has 0 aromatic heterocycles. The Morgan fingerprint density at radius 2 is 1.74 bits per heavy atom. The van der Waals surface area contributed by atoms with E-state index in [1.807, 2.05) is 6.92 Å². The van der Waals surface area contributed by atoms with Crippen molar-refractivity contribution in [2.75, 3.05) is 13.2 Å². The van der Waals surface area contributed by atoms with Crippen LogP contribution in [0.1, 0.15) is 58.8 Å². The van der Waals surface area contributed by atoms with E-state index < -0.39 is 11.9 Å². The number of rotatable bonds is 12. The molecule has 0 aliphatic carbocycles. The van der Waals surface area contributed by atoms with Crippen molar-refractivity contribution in [3.05, 3.63) is 0 Å². The van der Waals surface area contributed by atoms with Gasteiger partial charge in [-0.05, 0) is 13.3 Å². The molecule has 0 saturated heterocycles. The van der Waals surface area contributed by atoms with Gasteiger partial charge in [-0.15, -0.1) is 0 Å². The monoisotopic (exact) mass is 272 g/mol. The van der Waals surface area contributed by atoms with Gasteiger partial charge in [0, 0.05) is 6.61 Å². The first-order valence-electron chi connectivity index (χ1n) is 7.28. The Balaban J connectivity index is 3.80. The van der Waals surface area contributed by atoms with E-state index in [2.05, 4.69) is 12.2 Å². The summed E-state index contributed by atoms with van der Waals surface area (Å²) in [6.07, 6.45) is 7.47. The summed E-state index contributed by atoms with van der Waals surface area (Å²) in [4.78, 5) is 22.7. The predicted molar refractivity (Wildman–Crippen MR) is 75.6 cm³/mol. The van der Waals surface area contributed by atoms with Gasteiger partial charge in [-0.25, -0.2) is 0 Å². The highest BCUT2D eigenvalue weighted by Crippen LogP contribution is 2.08. The molecule has 0 fully saturated rings. The molecular formula is C14H28N2O3. The molecule has 19 heavy (non-hydrogen) atoms. The van der Waals surface area contributed by atoms with Gasteiger partial charge in [-0.3, -0.25) is 9.59 Å². The van der Waals surface area contributed by atoms with Crippen LogP contribution in [0.15, 0.2) is 0 Å². The minimum absolute atomic E-state index is 0.0171. The molecule has 2 amide bonds. The maximum Gasteiger partial charge on any atom is 0.246 e. The standard InChI is InChI=1S/C14H28N2O3/c1-3-5-6-7-8-9-10-12(14(15)18)16-13(17)11-19-4-2/h12H,3-11H2,1-2H3,(H2,15,18)(H,16,17)/t12-/m1/s1. The fourth-order valence-electron chi connectivity index (χ4n) is 1.85. The van der Waals surface area contributed by atoms with Gasteiger partial charge in [0.05, 0.1) is 0 Å². The van der Waals surface area contributed by atoms with Crippen molar-refractivity contribution in [3.8, 4) is 0 Å². The summed E-state index contributed by atoms with van der Waals surface area (Å²) in [7, 11) is 0. The number of carbonyl (C=O) groups is 2. The summed E-state index contributed by atoms with van der Waals surface area (Å²) in [6, 6.07) is -0.570. The first kappa shape index (κ1) is 17.9. The molecule has 5 heteroatoms. The van der Waals surface area contributed by atoms with Crippen molar-refractivity contribution < 1.29 is 14.3 Å². The largest absolute Gasteiger partial charge is 0.372 e. The van der Waals surface area contributed by atoms with Gasteiger partial charge in [-0.2, -0.15) is 0 Å². The fourth-order valence-corrected chi connectivity index (χ4v) is 1.85. The summed E-state index contributed by atoms with van der Waals surface area (Å²) in [6.45, 7) is 4.45. The van der Waals surface area contributed by atoms with Crippen LogP contribution in [0.3, 0.4) is 0 Å². The third-order valence-corrected chi connectivity index (χ3v) is 2.96. The maximum absolute atomic E-state index is 11.4. The molecule has 0 radical (unpaired) electrons. The lowest BCUT2D eigenvalue weighted by atomic mass is 10.1. The Hall–Kier alpha value is -1.10. The Morgan fingerprint density at radius 1 is 1.11 bits per heavy atom. The molecule has 0 aliphatic rings. The van der Waals surface area contributed by atoms with E-state index in [-0.39, 0.29) is 12.5 Å². The van der Waals surface area contributed by atoms with E-state index in [4.69, 9.17) is 10.5 Å². The lowest BCUT2D eigenvalue weighted by molar-refractivity contribution is -0.130. The second-order valence-corrected chi connectivity index (χ2v) is 4.72. The zero-order valence-electron chi connectivity index (χ0n) is 12.2. The highest BCUT2D eigenvalue weighted by Gasteiger charge is 2.17. The van der Waals surface area contributed by atoms with Crippen molar-refractivity contribution in [3.63, 3.8) is 0 Å². The second-order valence-electron chi connectivity index (χ2n) is 4.72.